The second kappa shape index (κ2) is 17.5. The van der Waals surface area contributed by atoms with E-state index in [2.05, 4.69) is 0 Å². The van der Waals surface area contributed by atoms with E-state index in [1.54, 1.807) is 26.8 Å². The molecule has 3 atom stereocenters. The molecule has 10 heteroatoms. The number of nitrogens with two attached hydrogens (primary N) is 1. The van der Waals surface area contributed by atoms with Crippen molar-refractivity contribution in [2.24, 2.45) is 11.7 Å². The van der Waals surface area contributed by atoms with Crippen LogP contribution in [0.15, 0.2) is 18.2 Å². The summed E-state index contributed by atoms with van der Waals surface area (Å²) in [6, 6.07) is 3.15. The van der Waals surface area contributed by atoms with E-state index in [9.17, 15) is 24.3 Å². The van der Waals surface area contributed by atoms with Crippen molar-refractivity contribution in [3.05, 3.63) is 23.8 Å². The fourth-order valence-corrected chi connectivity index (χ4v) is 3.96. The topological polar surface area (TPSA) is 151 Å². The van der Waals surface area contributed by atoms with Crippen LogP contribution >= 0.6 is 0 Å². The second-order valence-electron chi connectivity index (χ2n) is 10.7. The first-order valence-electron chi connectivity index (χ1n) is 14.2. The van der Waals surface area contributed by atoms with Gasteiger partial charge < -0.3 is 29.8 Å². The molecule has 0 aliphatic rings. The number of carbonyl (C=O) groups excluding carboxylic acids is 3. The van der Waals surface area contributed by atoms with Crippen LogP contribution in [0.1, 0.15) is 111 Å². The summed E-state index contributed by atoms with van der Waals surface area (Å²) in [4.78, 5) is 49.1. The summed E-state index contributed by atoms with van der Waals surface area (Å²) in [6.45, 7) is 11.0. The van der Waals surface area contributed by atoms with Crippen LogP contribution in [0.25, 0.3) is 0 Å². The Kier molecular flexibility index (Phi) is 15.3. The molecule has 0 saturated heterocycles. The van der Waals surface area contributed by atoms with Gasteiger partial charge in [-0.1, -0.05) is 59.4 Å². The number of hydrogen-bond donors (Lipinski definition) is 2. The van der Waals surface area contributed by atoms with E-state index in [4.69, 9.17) is 24.7 Å². The minimum absolute atomic E-state index is 0.00246. The minimum Gasteiger partial charge on any atom is -0.480 e. The number of unbranched alkanes of at least 4 members (excludes halogenated alkanes) is 4. The van der Waals surface area contributed by atoms with Crippen LogP contribution in [0.4, 0.5) is 4.79 Å². The molecule has 0 bridgehead atoms. The van der Waals surface area contributed by atoms with Crippen molar-refractivity contribution in [3.8, 4) is 11.5 Å². The van der Waals surface area contributed by atoms with E-state index in [0.29, 0.717) is 24.8 Å². The van der Waals surface area contributed by atoms with Gasteiger partial charge in [-0.2, -0.15) is 0 Å². The van der Waals surface area contributed by atoms with Gasteiger partial charge in [-0.05, 0) is 56.7 Å². The third kappa shape index (κ3) is 12.4. The maximum absolute atomic E-state index is 12.6. The highest BCUT2D eigenvalue weighted by molar-refractivity contribution is 5.77. The molecule has 0 aromatic heterocycles. The Bertz CT molecular complexity index is 976. The molecule has 0 spiro atoms. The molecule has 1 aromatic rings. The van der Waals surface area contributed by atoms with Crippen molar-refractivity contribution in [1.82, 2.24) is 0 Å². The molecule has 0 fully saturated rings. The zero-order valence-corrected chi connectivity index (χ0v) is 24.8. The predicted octanol–water partition coefficient (Wildman–Crippen LogP) is 6.13. The molecule has 40 heavy (non-hydrogen) atoms. The summed E-state index contributed by atoms with van der Waals surface area (Å²) in [5, 5.41) is 9.72. The third-order valence-corrected chi connectivity index (χ3v) is 6.73. The highest BCUT2D eigenvalue weighted by Gasteiger charge is 2.33. The lowest BCUT2D eigenvalue weighted by Crippen LogP contribution is -2.41. The lowest BCUT2D eigenvalue weighted by atomic mass is 9.82. The minimum atomic E-state index is -1.36. The van der Waals surface area contributed by atoms with Crippen LogP contribution < -0.4 is 15.2 Å². The second-order valence-corrected chi connectivity index (χ2v) is 10.7. The number of benzene rings is 1. The molecular formula is C30H47NO9. The van der Waals surface area contributed by atoms with Crippen LogP contribution in [0.5, 0.6) is 11.5 Å². The molecule has 0 aliphatic heterocycles. The van der Waals surface area contributed by atoms with Gasteiger partial charge in [0.1, 0.15) is 11.6 Å². The highest BCUT2D eigenvalue weighted by atomic mass is 16.7. The van der Waals surface area contributed by atoms with Crippen LogP contribution in [-0.4, -0.2) is 47.4 Å². The zero-order chi connectivity index (χ0) is 30.3. The van der Waals surface area contributed by atoms with E-state index in [0.717, 1.165) is 25.7 Å². The molecule has 0 radical (unpaired) electrons. The van der Waals surface area contributed by atoms with Gasteiger partial charge in [0.15, 0.2) is 11.5 Å². The number of aliphatic carboxylic acids is 1. The number of hydrogen-bond acceptors (Lipinski definition) is 9. The van der Waals surface area contributed by atoms with Crippen molar-refractivity contribution >= 4 is 24.1 Å². The molecule has 0 heterocycles. The van der Waals surface area contributed by atoms with E-state index in [1.165, 1.54) is 12.1 Å². The molecule has 226 valence electrons. The standard InChI is InChI=1S/C30H47NO9/c1-7-10-12-14-24(32)38-22-17-16-21(18-23(22)39-25(33)15-13-11-8-2)26(27(31)28(34)35)20(4)19-37-29(36)40-30(5,6)9-3/h16-18,20,26-27H,7-15,19,31H2,1-6H3,(H,34,35)/t20?,26?,27-/m0/s1. The van der Waals surface area contributed by atoms with Gasteiger partial charge in [-0.15, -0.1) is 0 Å². The quantitative estimate of drug-likeness (QED) is 0.121. The van der Waals surface area contributed by atoms with Gasteiger partial charge in [0.2, 0.25) is 0 Å². The van der Waals surface area contributed by atoms with Crippen LogP contribution in [0.3, 0.4) is 0 Å². The Labute approximate surface area is 237 Å². The Morgan fingerprint density at radius 2 is 1.45 bits per heavy atom. The molecule has 0 amide bonds. The molecule has 1 aromatic carbocycles. The fraction of sp³-hybridized carbons (Fsp3) is 0.667. The molecular weight excluding hydrogens is 518 g/mol. The van der Waals surface area contributed by atoms with E-state index >= 15 is 0 Å². The zero-order valence-electron chi connectivity index (χ0n) is 24.8. The molecule has 3 N–H and O–H groups in total. The molecule has 0 saturated carbocycles. The van der Waals surface area contributed by atoms with Crippen LogP contribution in [0.2, 0.25) is 0 Å². The monoisotopic (exact) mass is 565 g/mol. The summed E-state index contributed by atoms with van der Waals surface area (Å²) < 4.78 is 21.7. The third-order valence-electron chi connectivity index (χ3n) is 6.73. The maximum Gasteiger partial charge on any atom is 0.508 e. The number of esters is 2. The smallest absolute Gasteiger partial charge is 0.480 e. The average Bonchev–Trinajstić information content (AvgIpc) is 2.89. The van der Waals surface area contributed by atoms with Gasteiger partial charge >= 0.3 is 24.1 Å². The fourth-order valence-electron chi connectivity index (χ4n) is 3.96. The number of carbonyl (C=O) groups is 4. The molecule has 2 unspecified atom stereocenters. The lowest BCUT2D eigenvalue weighted by Gasteiger charge is -2.28. The Balaban J connectivity index is 3.27. The normalized spacial score (nSPS) is 13.6. The van der Waals surface area contributed by atoms with Gasteiger partial charge in [0.25, 0.3) is 0 Å². The number of ether oxygens (including phenoxy) is 4. The van der Waals surface area contributed by atoms with Gasteiger partial charge in [-0.3, -0.25) is 14.4 Å². The summed E-state index contributed by atoms with van der Waals surface area (Å²) >= 11 is 0. The SMILES string of the molecule is CCCCCC(=O)Oc1ccc(C(C(C)COC(=O)OC(C)(C)CC)[C@H](N)C(=O)O)cc1OC(=O)CCCCC. The van der Waals surface area contributed by atoms with E-state index < -0.39 is 47.5 Å². The number of rotatable bonds is 18. The van der Waals surface area contributed by atoms with E-state index in [1.807, 2.05) is 20.8 Å². The first-order chi connectivity index (χ1) is 18.8. The summed E-state index contributed by atoms with van der Waals surface area (Å²) in [5.74, 6) is -3.54. The van der Waals surface area contributed by atoms with Crippen molar-refractivity contribution in [2.75, 3.05) is 6.61 Å². The largest absolute Gasteiger partial charge is 0.508 e. The average molecular weight is 566 g/mol. The number of carboxylic acids is 1. The van der Waals surface area contributed by atoms with Crippen LogP contribution in [0, 0.1) is 5.92 Å². The maximum atomic E-state index is 12.6. The molecule has 0 aliphatic carbocycles. The Morgan fingerprint density at radius 3 is 1.95 bits per heavy atom. The lowest BCUT2D eigenvalue weighted by molar-refractivity contribution is -0.139. The summed E-state index contributed by atoms with van der Waals surface area (Å²) in [5.41, 5.74) is 5.79. The number of carboxylic acid groups (broad SMARTS) is 1. The molecule has 10 nitrogen and oxygen atoms in total. The Hall–Kier alpha value is -3.14. The van der Waals surface area contributed by atoms with Crippen molar-refractivity contribution in [2.45, 2.75) is 117 Å². The van der Waals surface area contributed by atoms with Crippen molar-refractivity contribution in [3.63, 3.8) is 0 Å². The molecule has 1 rings (SSSR count). The van der Waals surface area contributed by atoms with Gasteiger partial charge in [-0.25, -0.2) is 4.79 Å². The van der Waals surface area contributed by atoms with Gasteiger partial charge in [0.05, 0.1) is 6.61 Å². The van der Waals surface area contributed by atoms with Crippen LogP contribution in [-0.2, 0) is 23.9 Å². The highest BCUT2D eigenvalue weighted by Crippen LogP contribution is 2.36. The van der Waals surface area contributed by atoms with Gasteiger partial charge in [0, 0.05) is 18.8 Å². The predicted molar refractivity (Wildman–Crippen MR) is 150 cm³/mol. The summed E-state index contributed by atoms with van der Waals surface area (Å²) in [7, 11) is 0. The summed E-state index contributed by atoms with van der Waals surface area (Å²) in [6.07, 6.45) is 5.05. The van der Waals surface area contributed by atoms with Crippen molar-refractivity contribution < 1.29 is 43.2 Å². The first-order valence-corrected chi connectivity index (χ1v) is 14.2. The first kappa shape index (κ1) is 34.9. The van der Waals surface area contributed by atoms with E-state index in [-0.39, 0.29) is 30.9 Å². The Morgan fingerprint density at radius 1 is 0.900 bits per heavy atom. The van der Waals surface area contributed by atoms with Crippen molar-refractivity contribution in [1.29, 1.82) is 0 Å².